The zero-order valence-electron chi connectivity index (χ0n) is 8.99. The van der Waals surface area contributed by atoms with Crippen LogP contribution in [0.5, 0.6) is 0 Å². The molecule has 4 heteroatoms. The summed E-state index contributed by atoms with van der Waals surface area (Å²) >= 11 is 1.93. The number of nitrogens with zero attached hydrogens (tertiary/aromatic N) is 2. The van der Waals surface area contributed by atoms with Gasteiger partial charge in [0.25, 0.3) is 0 Å². The Bertz CT molecular complexity index is 270. The first kappa shape index (κ1) is 11.6. The van der Waals surface area contributed by atoms with E-state index in [0.717, 1.165) is 30.9 Å². The molecule has 1 rings (SSSR count). The molecule has 0 bridgehead atoms. The average Bonchev–Trinajstić information content (AvgIpc) is 2.54. The van der Waals surface area contributed by atoms with Crippen LogP contribution in [0.4, 0.5) is 0 Å². The lowest BCUT2D eigenvalue weighted by Crippen LogP contribution is -2.01. The number of hydrogen-bond donors (Lipinski definition) is 1. The maximum absolute atomic E-state index is 5.43. The van der Waals surface area contributed by atoms with E-state index < -0.39 is 0 Å². The summed E-state index contributed by atoms with van der Waals surface area (Å²) in [6, 6.07) is 2.19. The Labute approximate surface area is 90.1 Å². The quantitative estimate of drug-likeness (QED) is 0.729. The largest absolute Gasteiger partial charge is 0.330 e. The Morgan fingerprint density at radius 3 is 2.93 bits per heavy atom. The molecule has 3 nitrogen and oxygen atoms in total. The molecule has 80 valence electrons. The van der Waals surface area contributed by atoms with Crippen LogP contribution in [0.25, 0.3) is 0 Å². The fourth-order valence-corrected chi connectivity index (χ4v) is 2.24. The van der Waals surface area contributed by atoms with Gasteiger partial charge in [-0.1, -0.05) is 6.92 Å². The number of aryl methyl sites for hydroxylation is 2. The van der Waals surface area contributed by atoms with E-state index in [4.69, 9.17) is 5.73 Å². The van der Waals surface area contributed by atoms with Crippen LogP contribution >= 0.6 is 11.8 Å². The van der Waals surface area contributed by atoms with E-state index in [1.807, 2.05) is 23.5 Å². The van der Waals surface area contributed by atoms with E-state index in [2.05, 4.69) is 18.1 Å². The molecule has 0 aliphatic carbocycles. The number of aromatic nitrogens is 2. The molecular weight excluding hydrogens is 194 g/mol. The second-order valence-corrected chi connectivity index (χ2v) is 4.40. The summed E-state index contributed by atoms with van der Waals surface area (Å²) < 4.78 is 1.98. The van der Waals surface area contributed by atoms with Gasteiger partial charge in [0.1, 0.15) is 0 Å². The van der Waals surface area contributed by atoms with Crippen molar-refractivity contribution in [3.05, 3.63) is 17.5 Å². The fourth-order valence-electron chi connectivity index (χ4n) is 1.24. The monoisotopic (exact) mass is 213 g/mol. The molecule has 0 atom stereocenters. The van der Waals surface area contributed by atoms with E-state index >= 15 is 0 Å². The first-order valence-corrected chi connectivity index (χ1v) is 6.23. The molecule has 0 saturated heterocycles. The third kappa shape index (κ3) is 3.35. The summed E-state index contributed by atoms with van der Waals surface area (Å²) in [4.78, 5) is 0. The highest BCUT2D eigenvalue weighted by Crippen LogP contribution is 2.13. The van der Waals surface area contributed by atoms with Gasteiger partial charge in [-0.25, -0.2) is 0 Å². The van der Waals surface area contributed by atoms with E-state index in [9.17, 15) is 0 Å². The predicted molar refractivity (Wildman–Crippen MR) is 62.4 cm³/mol. The first-order valence-electron chi connectivity index (χ1n) is 5.07. The van der Waals surface area contributed by atoms with Crippen molar-refractivity contribution in [1.82, 2.24) is 9.78 Å². The van der Waals surface area contributed by atoms with Gasteiger partial charge in [0.2, 0.25) is 0 Å². The van der Waals surface area contributed by atoms with Crippen molar-refractivity contribution in [3.8, 4) is 0 Å². The lowest BCUT2D eigenvalue weighted by Gasteiger charge is -2.00. The molecule has 0 aliphatic rings. The summed E-state index contributed by atoms with van der Waals surface area (Å²) in [5.41, 5.74) is 7.92. The van der Waals surface area contributed by atoms with Gasteiger partial charge in [0.15, 0.2) is 0 Å². The van der Waals surface area contributed by atoms with Crippen molar-refractivity contribution in [1.29, 1.82) is 0 Å². The molecule has 0 spiro atoms. The van der Waals surface area contributed by atoms with Crippen LogP contribution in [0.3, 0.4) is 0 Å². The van der Waals surface area contributed by atoms with Crippen molar-refractivity contribution < 1.29 is 0 Å². The minimum absolute atomic E-state index is 0.790. The lowest BCUT2D eigenvalue weighted by atomic mass is 10.3. The second-order valence-electron chi connectivity index (χ2n) is 3.30. The minimum Gasteiger partial charge on any atom is -0.330 e. The van der Waals surface area contributed by atoms with Crippen LogP contribution in [0.1, 0.15) is 24.7 Å². The van der Waals surface area contributed by atoms with Crippen molar-refractivity contribution in [3.63, 3.8) is 0 Å². The third-order valence-electron chi connectivity index (χ3n) is 2.13. The van der Waals surface area contributed by atoms with Gasteiger partial charge < -0.3 is 5.73 Å². The molecule has 0 amide bonds. The van der Waals surface area contributed by atoms with Gasteiger partial charge in [-0.3, -0.25) is 4.68 Å². The summed E-state index contributed by atoms with van der Waals surface area (Å²) in [5.74, 6) is 2.19. The smallest absolute Gasteiger partial charge is 0.0624 e. The summed E-state index contributed by atoms with van der Waals surface area (Å²) in [5, 5.41) is 4.41. The zero-order chi connectivity index (χ0) is 10.4. The van der Waals surface area contributed by atoms with Gasteiger partial charge in [0, 0.05) is 18.5 Å². The predicted octanol–water partition coefficient (Wildman–Crippen LogP) is 1.56. The number of thioether (sulfide) groups is 1. The third-order valence-corrected chi connectivity index (χ3v) is 3.21. The van der Waals surface area contributed by atoms with Gasteiger partial charge in [-0.2, -0.15) is 16.9 Å². The van der Waals surface area contributed by atoms with E-state index in [-0.39, 0.29) is 0 Å². The zero-order valence-corrected chi connectivity index (χ0v) is 9.81. The molecule has 0 aliphatic heterocycles. The Balaban J connectivity index is 2.38. The molecule has 1 aromatic rings. The SMILES string of the molecule is CCc1cc(CSCCCN)n(C)n1. The summed E-state index contributed by atoms with van der Waals surface area (Å²) in [6.45, 7) is 2.92. The lowest BCUT2D eigenvalue weighted by molar-refractivity contribution is 0.720. The number of rotatable bonds is 6. The highest BCUT2D eigenvalue weighted by atomic mass is 32.2. The average molecular weight is 213 g/mol. The van der Waals surface area contributed by atoms with Crippen LogP contribution in [-0.2, 0) is 19.2 Å². The molecule has 0 radical (unpaired) electrons. The molecule has 1 heterocycles. The van der Waals surface area contributed by atoms with Crippen molar-refractivity contribution in [2.45, 2.75) is 25.5 Å². The first-order chi connectivity index (χ1) is 6.77. The van der Waals surface area contributed by atoms with Gasteiger partial charge in [0.05, 0.1) is 5.69 Å². The van der Waals surface area contributed by atoms with Crippen LogP contribution < -0.4 is 5.73 Å². The normalized spacial score (nSPS) is 10.8. The molecule has 1 aromatic heterocycles. The van der Waals surface area contributed by atoms with E-state index in [1.165, 1.54) is 11.4 Å². The fraction of sp³-hybridized carbons (Fsp3) is 0.700. The van der Waals surface area contributed by atoms with Crippen molar-refractivity contribution >= 4 is 11.8 Å². The van der Waals surface area contributed by atoms with Gasteiger partial charge in [-0.15, -0.1) is 0 Å². The maximum Gasteiger partial charge on any atom is 0.0624 e. The molecule has 0 fully saturated rings. The molecular formula is C10H19N3S. The van der Waals surface area contributed by atoms with Crippen LogP contribution in [-0.4, -0.2) is 22.1 Å². The summed E-state index contributed by atoms with van der Waals surface area (Å²) in [7, 11) is 2.01. The molecule has 14 heavy (non-hydrogen) atoms. The second kappa shape index (κ2) is 6.09. The standard InChI is InChI=1S/C10H19N3S/c1-3-9-7-10(13(2)12-9)8-14-6-4-5-11/h7H,3-6,8,11H2,1-2H3. The molecule has 0 saturated carbocycles. The summed E-state index contributed by atoms with van der Waals surface area (Å²) in [6.07, 6.45) is 2.12. The number of nitrogens with two attached hydrogens (primary N) is 1. The van der Waals surface area contributed by atoms with E-state index in [0.29, 0.717) is 0 Å². The Morgan fingerprint density at radius 1 is 1.57 bits per heavy atom. The van der Waals surface area contributed by atoms with Crippen molar-refractivity contribution in [2.24, 2.45) is 12.8 Å². The van der Waals surface area contributed by atoms with Gasteiger partial charge in [-0.05, 0) is 31.2 Å². The highest BCUT2D eigenvalue weighted by molar-refractivity contribution is 7.98. The van der Waals surface area contributed by atoms with Crippen LogP contribution in [0.2, 0.25) is 0 Å². The minimum atomic E-state index is 0.790. The number of hydrogen-bond acceptors (Lipinski definition) is 3. The molecule has 2 N–H and O–H groups in total. The maximum atomic E-state index is 5.43. The topological polar surface area (TPSA) is 43.8 Å². The van der Waals surface area contributed by atoms with Crippen molar-refractivity contribution in [2.75, 3.05) is 12.3 Å². The molecule has 0 aromatic carbocycles. The van der Waals surface area contributed by atoms with E-state index in [1.54, 1.807) is 0 Å². The highest BCUT2D eigenvalue weighted by Gasteiger charge is 2.02. The Morgan fingerprint density at radius 2 is 2.36 bits per heavy atom. The van der Waals surface area contributed by atoms with Crippen LogP contribution in [0, 0.1) is 0 Å². The van der Waals surface area contributed by atoms with Crippen LogP contribution in [0.15, 0.2) is 6.07 Å². The van der Waals surface area contributed by atoms with Gasteiger partial charge >= 0.3 is 0 Å². The molecule has 0 unspecified atom stereocenters. The Hall–Kier alpha value is -0.480. The Kier molecular flexibility index (Phi) is 5.04.